The molecular formula is C9H15N3O4S. The molecule has 3 amide bonds. The van der Waals surface area contributed by atoms with Gasteiger partial charge in [-0.05, 0) is 19.8 Å². The molecule has 17 heavy (non-hydrogen) atoms. The van der Waals surface area contributed by atoms with E-state index in [0.29, 0.717) is 12.8 Å². The van der Waals surface area contributed by atoms with Gasteiger partial charge >= 0.3 is 6.03 Å². The Morgan fingerprint density at radius 2 is 1.88 bits per heavy atom. The zero-order valence-corrected chi connectivity index (χ0v) is 10.3. The Balaban J connectivity index is 2.09. The number of imide groups is 1. The van der Waals surface area contributed by atoms with Crippen LogP contribution in [0, 0.1) is 0 Å². The van der Waals surface area contributed by atoms with Crippen molar-refractivity contribution >= 4 is 22.0 Å². The van der Waals surface area contributed by atoms with Crippen LogP contribution in [-0.4, -0.2) is 49.0 Å². The normalized spacial score (nSPS) is 24.8. The van der Waals surface area contributed by atoms with Crippen LogP contribution >= 0.6 is 0 Å². The van der Waals surface area contributed by atoms with Gasteiger partial charge in [0.15, 0.2) is 0 Å². The van der Waals surface area contributed by atoms with Crippen LogP contribution in [0.5, 0.6) is 0 Å². The molecule has 2 heterocycles. The number of nitrogens with one attached hydrogen (secondary N) is 2. The Labute approximate surface area is 99.6 Å². The molecule has 2 N–H and O–H groups in total. The fourth-order valence-corrected chi connectivity index (χ4v) is 3.31. The van der Waals surface area contributed by atoms with Gasteiger partial charge in [0.25, 0.3) is 5.91 Å². The summed E-state index contributed by atoms with van der Waals surface area (Å²) in [5.74, 6) is -0.297. The average molecular weight is 261 g/mol. The highest BCUT2D eigenvalue weighted by Gasteiger charge is 2.48. The fourth-order valence-electron chi connectivity index (χ4n) is 2.21. The maximum Gasteiger partial charge on any atom is 0.322 e. The summed E-state index contributed by atoms with van der Waals surface area (Å²) in [6.45, 7) is 2.12. The highest BCUT2D eigenvalue weighted by molar-refractivity contribution is 7.89. The molecule has 7 nitrogen and oxygen atoms in total. The van der Waals surface area contributed by atoms with E-state index in [1.807, 2.05) is 0 Å². The summed E-state index contributed by atoms with van der Waals surface area (Å²) in [6.07, 6.45) is 0.646. The molecule has 8 heteroatoms. The molecule has 2 aliphatic rings. The lowest BCUT2D eigenvalue weighted by Crippen LogP contribution is -2.55. The minimum Gasteiger partial charge on any atom is -0.323 e. The third kappa shape index (κ3) is 2.02. The van der Waals surface area contributed by atoms with Crippen molar-refractivity contribution in [1.82, 2.24) is 14.9 Å². The van der Waals surface area contributed by atoms with E-state index >= 15 is 0 Å². The van der Waals surface area contributed by atoms with E-state index in [0.717, 1.165) is 0 Å². The summed E-state index contributed by atoms with van der Waals surface area (Å²) in [4.78, 5) is 22.7. The standard InChI is InChI=1S/C9H15N3O4S/c1-2-17(15,16)12-5-3-9(4-6-12)7(13)10-8(14)11-9/h2-6H2,1H3,(H2,10,11,13,14). The molecule has 0 atom stereocenters. The first-order chi connectivity index (χ1) is 7.89. The van der Waals surface area contributed by atoms with Crippen molar-refractivity contribution in [3.8, 4) is 0 Å². The lowest BCUT2D eigenvalue weighted by atomic mass is 9.89. The van der Waals surface area contributed by atoms with Crippen LogP contribution < -0.4 is 10.6 Å². The summed E-state index contributed by atoms with van der Waals surface area (Å²) in [7, 11) is -3.21. The zero-order chi connectivity index (χ0) is 12.7. The smallest absolute Gasteiger partial charge is 0.322 e. The minimum absolute atomic E-state index is 0.0541. The number of hydrogen-bond donors (Lipinski definition) is 2. The van der Waals surface area contributed by atoms with Crippen molar-refractivity contribution in [2.24, 2.45) is 0 Å². The second-order valence-electron chi connectivity index (χ2n) is 4.29. The SMILES string of the molecule is CCS(=O)(=O)N1CCC2(CC1)NC(=O)NC2=O. The van der Waals surface area contributed by atoms with Gasteiger partial charge in [-0.3, -0.25) is 10.1 Å². The van der Waals surface area contributed by atoms with Crippen molar-refractivity contribution in [3.63, 3.8) is 0 Å². The van der Waals surface area contributed by atoms with Gasteiger partial charge in [-0.2, -0.15) is 0 Å². The highest BCUT2D eigenvalue weighted by atomic mass is 32.2. The highest BCUT2D eigenvalue weighted by Crippen LogP contribution is 2.26. The first-order valence-corrected chi connectivity index (χ1v) is 7.12. The van der Waals surface area contributed by atoms with Gasteiger partial charge in [0.05, 0.1) is 5.75 Å². The van der Waals surface area contributed by atoms with E-state index < -0.39 is 21.6 Å². The topological polar surface area (TPSA) is 95.6 Å². The van der Waals surface area contributed by atoms with Gasteiger partial charge in [0.2, 0.25) is 10.0 Å². The molecule has 0 unspecified atom stereocenters. The van der Waals surface area contributed by atoms with Crippen LogP contribution in [0.25, 0.3) is 0 Å². The Hall–Kier alpha value is -1.15. The van der Waals surface area contributed by atoms with Crippen molar-refractivity contribution < 1.29 is 18.0 Å². The molecule has 96 valence electrons. The second-order valence-corrected chi connectivity index (χ2v) is 6.55. The molecule has 1 spiro atoms. The number of piperidine rings is 1. The third-order valence-electron chi connectivity index (χ3n) is 3.35. The second kappa shape index (κ2) is 3.95. The Bertz CT molecular complexity index is 451. The van der Waals surface area contributed by atoms with Crippen molar-refractivity contribution in [1.29, 1.82) is 0 Å². The van der Waals surface area contributed by atoms with Gasteiger partial charge in [0.1, 0.15) is 5.54 Å². The number of sulfonamides is 1. The maximum atomic E-state index is 11.6. The van der Waals surface area contributed by atoms with E-state index in [4.69, 9.17) is 0 Å². The van der Waals surface area contributed by atoms with E-state index in [-0.39, 0.29) is 24.7 Å². The molecule has 0 bridgehead atoms. The van der Waals surface area contributed by atoms with Crippen molar-refractivity contribution in [3.05, 3.63) is 0 Å². The largest absolute Gasteiger partial charge is 0.323 e. The molecule has 2 fully saturated rings. The predicted molar refractivity (Wildman–Crippen MR) is 59.7 cm³/mol. The summed E-state index contributed by atoms with van der Waals surface area (Å²) in [5.41, 5.74) is -0.906. The molecule has 2 saturated heterocycles. The van der Waals surface area contributed by atoms with Gasteiger partial charge in [-0.15, -0.1) is 0 Å². The monoisotopic (exact) mass is 261 g/mol. The lowest BCUT2D eigenvalue weighted by Gasteiger charge is -2.36. The first-order valence-electron chi connectivity index (χ1n) is 5.51. The van der Waals surface area contributed by atoms with Crippen molar-refractivity contribution in [2.75, 3.05) is 18.8 Å². The van der Waals surface area contributed by atoms with Crippen LogP contribution in [0.2, 0.25) is 0 Å². The van der Waals surface area contributed by atoms with E-state index in [1.54, 1.807) is 6.92 Å². The summed E-state index contributed by atoms with van der Waals surface area (Å²) in [5, 5.41) is 4.78. The third-order valence-corrected chi connectivity index (χ3v) is 5.23. The molecule has 0 saturated carbocycles. The Morgan fingerprint density at radius 3 is 2.29 bits per heavy atom. The molecule has 0 aromatic rings. The maximum absolute atomic E-state index is 11.6. The first kappa shape index (κ1) is 12.3. The molecule has 0 aliphatic carbocycles. The van der Waals surface area contributed by atoms with Crippen LogP contribution in [0.15, 0.2) is 0 Å². The average Bonchev–Trinajstić information content (AvgIpc) is 2.54. The van der Waals surface area contributed by atoms with Gasteiger partial charge in [0, 0.05) is 13.1 Å². The molecule has 0 aromatic heterocycles. The number of amides is 3. The number of carbonyl (C=O) groups excluding carboxylic acids is 2. The summed E-state index contributed by atoms with van der Waals surface area (Å²) in [6, 6.07) is -0.498. The zero-order valence-electron chi connectivity index (χ0n) is 9.52. The molecule has 0 aromatic carbocycles. The van der Waals surface area contributed by atoms with E-state index in [9.17, 15) is 18.0 Å². The number of hydrogen-bond acceptors (Lipinski definition) is 4. The fraction of sp³-hybridized carbons (Fsp3) is 0.778. The lowest BCUT2D eigenvalue weighted by molar-refractivity contribution is -0.125. The van der Waals surface area contributed by atoms with Gasteiger partial charge in [-0.1, -0.05) is 0 Å². The van der Waals surface area contributed by atoms with Crippen LogP contribution in [0.4, 0.5) is 4.79 Å². The molecule has 0 radical (unpaired) electrons. The Morgan fingerprint density at radius 1 is 1.29 bits per heavy atom. The van der Waals surface area contributed by atoms with E-state index in [1.165, 1.54) is 4.31 Å². The van der Waals surface area contributed by atoms with Crippen molar-refractivity contribution in [2.45, 2.75) is 25.3 Å². The van der Waals surface area contributed by atoms with Crippen LogP contribution in [-0.2, 0) is 14.8 Å². The quantitative estimate of drug-likeness (QED) is 0.624. The molecule has 2 rings (SSSR count). The van der Waals surface area contributed by atoms with Crippen LogP contribution in [0.1, 0.15) is 19.8 Å². The van der Waals surface area contributed by atoms with Gasteiger partial charge < -0.3 is 5.32 Å². The summed E-state index contributed by atoms with van der Waals surface area (Å²) < 4.78 is 24.7. The van der Waals surface area contributed by atoms with Gasteiger partial charge in [-0.25, -0.2) is 17.5 Å². The number of carbonyl (C=O) groups is 2. The number of rotatable bonds is 2. The molecule has 2 aliphatic heterocycles. The van der Waals surface area contributed by atoms with Crippen LogP contribution in [0.3, 0.4) is 0 Å². The molecular weight excluding hydrogens is 246 g/mol. The minimum atomic E-state index is -3.21. The summed E-state index contributed by atoms with van der Waals surface area (Å²) >= 11 is 0. The number of urea groups is 1. The van der Waals surface area contributed by atoms with E-state index in [2.05, 4.69) is 10.6 Å². The number of nitrogens with zero attached hydrogens (tertiary/aromatic N) is 1. The predicted octanol–water partition coefficient (Wildman–Crippen LogP) is -0.990. The Kier molecular flexibility index (Phi) is 2.86.